The Morgan fingerprint density at radius 3 is 2.77 bits per heavy atom. The number of anilines is 1. The monoisotopic (exact) mass is 257 g/mol. The first-order valence-corrected chi connectivity index (χ1v) is 5.32. The maximum atomic E-state index is 5.84. The largest absolute Gasteiger partial charge is 0.383 e. The molecule has 0 spiro atoms. The van der Waals surface area contributed by atoms with Gasteiger partial charge in [-0.2, -0.15) is 5.10 Å². The topological polar surface area (TPSA) is 43.8 Å². The van der Waals surface area contributed by atoms with Crippen molar-refractivity contribution in [3.63, 3.8) is 0 Å². The number of nitrogen functional groups attached to an aromatic ring is 1. The summed E-state index contributed by atoms with van der Waals surface area (Å²) in [7, 11) is 1.83. The van der Waals surface area contributed by atoms with E-state index in [9.17, 15) is 0 Å². The van der Waals surface area contributed by atoms with Gasteiger partial charge in [0.2, 0.25) is 0 Å². The van der Waals surface area contributed by atoms with Gasteiger partial charge in [-0.05, 0) is 28.1 Å². The number of nitrogens with two attached hydrogens (primary N) is 1. The second-order valence-electron chi connectivity index (χ2n) is 2.67. The van der Waals surface area contributed by atoms with Crippen molar-refractivity contribution in [1.29, 1.82) is 0 Å². The average molecular weight is 258 g/mol. The van der Waals surface area contributed by atoms with E-state index in [2.05, 4.69) is 21.0 Å². The van der Waals surface area contributed by atoms with Crippen molar-refractivity contribution in [2.75, 3.05) is 5.73 Å². The lowest BCUT2D eigenvalue weighted by Gasteiger charge is -1.95. The molecule has 5 heteroatoms. The lowest BCUT2D eigenvalue weighted by molar-refractivity contribution is 0.779. The van der Waals surface area contributed by atoms with Gasteiger partial charge in [-0.1, -0.05) is 0 Å². The quantitative estimate of drug-likeness (QED) is 0.854. The van der Waals surface area contributed by atoms with Gasteiger partial charge in [-0.15, -0.1) is 11.3 Å². The molecule has 2 aromatic heterocycles. The Labute approximate surface area is 88.3 Å². The second kappa shape index (κ2) is 3.16. The molecule has 2 rings (SSSR count). The van der Waals surface area contributed by atoms with Crippen LogP contribution in [0, 0.1) is 0 Å². The standard InChI is InChI=1S/C8H8BrN3S/c1-12-8(10)5(4-11-12)6-2-3-7(9)13-6/h2-4H,10H2,1H3. The van der Waals surface area contributed by atoms with E-state index < -0.39 is 0 Å². The number of hydrogen-bond donors (Lipinski definition) is 1. The Morgan fingerprint density at radius 1 is 1.54 bits per heavy atom. The predicted octanol–water partition coefficient (Wildman–Crippen LogP) is 2.49. The van der Waals surface area contributed by atoms with Crippen LogP contribution in [-0.4, -0.2) is 9.78 Å². The lowest BCUT2D eigenvalue weighted by atomic mass is 10.3. The van der Waals surface area contributed by atoms with Gasteiger partial charge in [0, 0.05) is 11.9 Å². The predicted molar refractivity (Wildman–Crippen MR) is 58.6 cm³/mol. The summed E-state index contributed by atoms with van der Waals surface area (Å²) in [5, 5.41) is 4.08. The van der Waals surface area contributed by atoms with Crippen LogP contribution >= 0.6 is 27.3 Å². The number of rotatable bonds is 1. The fourth-order valence-corrected chi connectivity index (χ4v) is 2.50. The van der Waals surface area contributed by atoms with Crippen LogP contribution in [0.3, 0.4) is 0 Å². The van der Waals surface area contributed by atoms with Gasteiger partial charge in [-0.25, -0.2) is 0 Å². The van der Waals surface area contributed by atoms with Crippen LogP contribution in [0.2, 0.25) is 0 Å². The van der Waals surface area contributed by atoms with E-state index >= 15 is 0 Å². The van der Waals surface area contributed by atoms with Crippen molar-refractivity contribution in [3.8, 4) is 10.4 Å². The molecule has 0 unspecified atom stereocenters. The Hall–Kier alpha value is -0.810. The molecule has 2 N–H and O–H groups in total. The molecular weight excluding hydrogens is 250 g/mol. The third-order valence-electron chi connectivity index (χ3n) is 1.82. The minimum atomic E-state index is 0.703. The van der Waals surface area contributed by atoms with Crippen LogP contribution in [0.15, 0.2) is 22.1 Å². The minimum absolute atomic E-state index is 0.703. The Kier molecular flexibility index (Phi) is 2.13. The molecule has 0 radical (unpaired) electrons. The molecule has 0 aliphatic carbocycles. The van der Waals surface area contributed by atoms with Gasteiger partial charge >= 0.3 is 0 Å². The zero-order valence-corrected chi connectivity index (χ0v) is 9.39. The summed E-state index contributed by atoms with van der Waals surface area (Å²) >= 11 is 5.06. The first kappa shape index (κ1) is 8.77. The van der Waals surface area contributed by atoms with Crippen molar-refractivity contribution < 1.29 is 0 Å². The highest BCUT2D eigenvalue weighted by molar-refractivity contribution is 9.11. The molecule has 0 aliphatic heterocycles. The van der Waals surface area contributed by atoms with Gasteiger partial charge in [-0.3, -0.25) is 4.68 Å². The highest BCUT2D eigenvalue weighted by Crippen LogP contribution is 2.33. The normalized spacial score (nSPS) is 10.6. The molecule has 2 heterocycles. The van der Waals surface area contributed by atoms with Crippen LogP contribution in [0.25, 0.3) is 10.4 Å². The zero-order valence-electron chi connectivity index (χ0n) is 6.99. The van der Waals surface area contributed by atoms with E-state index in [1.54, 1.807) is 22.2 Å². The average Bonchev–Trinajstić information content (AvgIpc) is 2.62. The summed E-state index contributed by atoms with van der Waals surface area (Å²) < 4.78 is 2.77. The fraction of sp³-hybridized carbons (Fsp3) is 0.125. The van der Waals surface area contributed by atoms with E-state index in [0.717, 1.165) is 14.2 Å². The summed E-state index contributed by atoms with van der Waals surface area (Å²) in [4.78, 5) is 1.14. The first-order valence-electron chi connectivity index (χ1n) is 3.71. The second-order valence-corrected chi connectivity index (χ2v) is 5.13. The van der Waals surface area contributed by atoms with Gasteiger partial charge in [0.15, 0.2) is 0 Å². The van der Waals surface area contributed by atoms with Crippen LogP contribution < -0.4 is 5.73 Å². The van der Waals surface area contributed by atoms with E-state index in [1.165, 1.54) is 0 Å². The molecule has 0 amide bonds. The summed E-state index contributed by atoms with van der Waals surface area (Å²) in [6, 6.07) is 4.04. The highest BCUT2D eigenvalue weighted by Gasteiger charge is 2.08. The van der Waals surface area contributed by atoms with Gasteiger partial charge in [0.25, 0.3) is 0 Å². The molecule has 13 heavy (non-hydrogen) atoms. The third-order valence-corrected chi connectivity index (χ3v) is 3.48. The molecule has 0 aliphatic rings. The Morgan fingerprint density at radius 2 is 2.31 bits per heavy atom. The van der Waals surface area contributed by atoms with E-state index in [-0.39, 0.29) is 0 Å². The number of hydrogen-bond acceptors (Lipinski definition) is 3. The van der Waals surface area contributed by atoms with E-state index in [4.69, 9.17) is 5.73 Å². The number of aryl methyl sites for hydroxylation is 1. The molecule has 0 saturated carbocycles. The van der Waals surface area contributed by atoms with Crippen molar-refractivity contribution in [1.82, 2.24) is 9.78 Å². The van der Waals surface area contributed by atoms with Crippen LogP contribution in [0.5, 0.6) is 0 Å². The number of aromatic nitrogens is 2. The molecule has 2 aromatic rings. The van der Waals surface area contributed by atoms with Crippen LogP contribution in [0.1, 0.15) is 0 Å². The van der Waals surface area contributed by atoms with Gasteiger partial charge < -0.3 is 5.73 Å². The molecule has 0 bridgehead atoms. The number of nitrogens with zero attached hydrogens (tertiary/aromatic N) is 2. The van der Waals surface area contributed by atoms with Crippen molar-refractivity contribution >= 4 is 33.1 Å². The smallest absolute Gasteiger partial charge is 0.130 e. The molecule has 0 aromatic carbocycles. The summed E-state index contributed by atoms with van der Waals surface area (Å²) in [6.07, 6.45) is 1.79. The number of thiophene rings is 1. The maximum Gasteiger partial charge on any atom is 0.130 e. The summed E-state index contributed by atoms with van der Waals surface area (Å²) in [5.74, 6) is 0.703. The molecule has 68 valence electrons. The van der Waals surface area contributed by atoms with Crippen LogP contribution in [-0.2, 0) is 7.05 Å². The lowest BCUT2D eigenvalue weighted by Crippen LogP contribution is -1.97. The maximum absolute atomic E-state index is 5.84. The van der Waals surface area contributed by atoms with Gasteiger partial charge in [0.1, 0.15) is 5.82 Å². The highest BCUT2D eigenvalue weighted by atomic mass is 79.9. The SMILES string of the molecule is Cn1ncc(-c2ccc(Br)s2)c1N. The molecular formula is C8H8BrN3S. The Balaban J connectivity index is 2.52. The molecule has 0 atom stereocenters. The van der Waals surface area contributed by atoms with E-state index in [1.807, 2.05) is 19.2 Å². The third kappa shape index (κ3) is 1.49. The van der Waals surface area contributed by atoms with Crippen molar-refractivity contribution in [2.24, 2.45) is 7.05 Å². The van der Waals surface area contributed by atoms with Crippen molar-refractivity contribution in [2.45, 2.75) is 0 Å². The van der Waals surface area contributed by atoms with Gasteiger partial charge in [0.05, 0.1) is 15.5 Å². The van der Waals surface area contributed by atoms with Crippen molar-refractivity contribution in [3.05, 3.63) is 22.1 Å². The zero-order chi connectivity index (χ0) is 9.42. The Bertz CT molecular complexity index is 432. The minimum Gasteiger partial charge on any atom is -0.383 e. The molecule has 3 nitrogen and oxygen atoms in total. The van der Waals surface area contributed by atoms with E-state index in [0.29, 0.717) is 5.82 Å². The molecule has 0 fully saturated rings. The first-order chi connectivity index (χ1) is 6.18. The fourth-order valence-electron chi connectivity index (χ4n) is 1.10. The number of halogens is 1. The summed E-state index contributed by atoms with van der Waals surface area (Å²) in [5.41, 5.74) is 6.83. The summed E-state index contributed by atoms with van der Waals surface area (Å²) in [6.45, 7) is 0. The van der Waals surface area contributed by atoms with Crippen LogP contribution in [0.4, 0.5) is 5.82 Å². The molecule has 0 saturated heterocycles.